The third-order valence-electron chi connectivity index (χ3n) is 3.05. The molecule has 1 fully saturated rings. The molecule has 0 N–H and O–H groups in total. The Bertz CT molecular complexity index is 530. The molecule has 5 nitrogen and oxygen atoms in total. The highest BCUT2D eigenvalue weighted by atomic mass is 32.2. The lowest BCUT2D eigenvalue weighted by molar-refractivity contribution is 0.0984. The molecule has 104 valence electrons. The first-order valence-electron chi connectivity index (χ1n) is 6.13. The molecule has 0 amide bonds. The normalized spacial score (nSPS) is 17.7. The smallest absolute Gasteiger partial charge is 0.256 e. The average Bonchev–Trinajstić information content (AvgIpc) is 2.47. The van der Waals surface area contributed by atoms with Gasteiger partial charge in [0.05, 0.1) is 12.4 Å². The summed E-state index contributed by atoms with van der Waals surface area (Å²) in [6.07, 6.45) is 2.41. The molecule has 2 rings (SSSR count). The van der Waals surface area contributed by atoms with Gasteiger partial charge >= 0.3 is 0 Å². The van der Waals surface area contributed by atoms with Gasteiger partial charge in [-0.2, -0.15) is 4.40 Å². The van der Waals surface area contributed by atoms with Crippen LogP contribution in [0.2, 0.25) is 0 Å². The Kier molecular flexibility index (Phi) is 4.55. The third-order valence-corrected chi connectivity index (χ3v) is 4.77. The second-order valence-electron chi connectivity index (χ2n) is 4.33. The van der Waals surface area contributed by atoms with E-state index in [2.05, 4.69) is 4.40 Å². The number of benzene rings is 1. The van der Waals surface area contributed by atoms with Gasteiger partial charge in [-0.05, 0) is 42.7 Å². The number of methoxy groups -OCH3 is 1. The van der Waals surface area contributed by atoms with Gasteiger partial charge in [-0.3, -0.25) is 0 Å². The van der Waals surface area contributed by atoms with E-state index in [0.717, 1.165) is 11.3 Å². The van der Waals surface area contributed by atoms with Gasteiger partial charge in [-0.25, -0.2) is 8.42 Å². The van der Waals surface area contributed by atoms with Crippen LogP contribution in [0.3, 0.4) is 0 Å². The summed E-state index contributed by atoms with van der Waals surface area (Å²) < 4.78 is 38.0. The summed E-state index contributed by atoms with van der Waals surface area (Å²) in [5.41, 5.74) is 0.733. The summed E-state index contributed by atoms with van der Waals surface area (Å²) in [7, 11) is -1.86. The fourth-order valence-electron chi connectivity index (χ4n) is 1.88. The van der Waals surface area contributed by atoms with Crippen molar-refractivity contribution < 1.29 is 17.9 Å². The Morgan fingerprint density at radius 3 is 2.47 bits per heavy atom. The molecule has 0 atom stereocenters. The Hall–Kier alpha value is -1.40. The minimum Gasteiger partial charge on any atom is -0.497 e. The number of sulfonamides is 1. The van der Waals surface area contributed by atoms with E-state index in [1.165, 1.54) is 6.21 Å². The van der Waals surface area contributed by atoms with E-state index in [9.17, 15) is 8.42 Å². The standard InChI is InChI=1S/C13H17NO4S/c1-17-12-4-2-11(3-5-12)10-14-19(15,16)13-6-8-18-9-7-13/h2-5,10,13H,6-9H2,1H3. The molecule has 0 spiro atoms. The van der Waals surface area contributed by atoms with Crippen molar-refractivity contribution in [1.29, 1.82) is 0 Å². The van der Waals surface area contributed by atoms with Crippen LogP contribution in [0.5, 0.6) is 5.75 Å². The SMILES string of the molecule is COc1ccc(C=NS(=O)(=O)C2CCOCC2)cc1. The lowest BCUT2D eigenvalue weighted by Gasteiger charge is -2.19. The highest BCUT2D eigenvalue weighted by Gasteiger charge is 2.26. The number of hydrogen-bond acceptors (Lipinski definition) is 4. The molecule has 1 aliphatic rings. The van der Waals surface area contributed by atoms with Crippen LogP contribution in [0.1, 0.15) is 18.4 Å². The summed E-state index contributed by atoms with van der Waals surface area (Å²) in [6.45, 7) is 0.976. The van der Waals surface area contributed by atoms with Crippen molar-refractivity contribution in [1.82, 2.24) is 0 Å². The minimum absolute atomic E-state index is 0.421. The van der Waals surface area contributed by atoms with E-state index < -0.39 is 15.3 Å². The van der Waals surface area contributed by atoms with Crippen molar-refractivity contribution in [2.45, 2.75) is 18.1 Å². The first kappa shape index (κ1) is 14.0. The molecule has 1 aromatic rings. The minimum atomic E-state index is -3.44. The topological polar surface area (TPSA) is 65.0 Å². The molecule has 0 unspecified atom stereocenters. The van der Waals surface area contributed by atoms with E-state index in [1.54, 1.807) is 31.4 Å². The Labute approximate surface area is 113 Å². The molecule has 0 aromatic heterocycles. The van der Waals surface area contributed by atoms with Gasteiger partial charge in [0, 0.05) is 19.4 Å². The molecule has 1 heterocycles. The molecular formula is C13H17NO4S. The van der Waals surface area contributed by atoms with Gasteiger partial charge in [-0.15, -0.1) is 0 Å². The van der Waals surface area contributed by atoms with Gasteiger partial charge in [0.2, 0.25) is 0 Å². The fourth-order valence-corrected chi connectivity index (χ4v) is 3.11. The average molecular weight is 283 g/mol. The van der Waals surface area contributed by atoms with Crippen LogP contribution >= 0.6 is 0 Å². The molecule has 1 saturated heterocycles. The second-order valence-corrected chi connectivity index (χ2v) is 6.24. The van der Waals surface area contributed by atoms with Crippen LogP contribution in [0, 0.1) is 0 Å². The van der Waals surface area contributed by atoms with E-state index >= 15 is 0 Å². The van der Waals surface area contributed by atoms with Crippen LogP contribution in [0.4, 0.5) is 0 Å². The van der Waals surface area contributed by atoms with Gasteiger partial charge in [0.25, 0.3) is 10.0 Å². The highest BCUT2D eigenvalue weighted by molar-refractivity contribution is 7.90. The summed E-state index contributed by atoms with van der Waals surface area (Å²) in [4.78, 5) is 0. The summed E-state index contributed by atoms with van der Waals surface area (Å²) in [6, 6.07) is 7.06. The van der Waals surface area contributed by atoms with Gasteiger partial charge in [-0.1, -0.05) is 0 Å². The van der Waals surface area contributed by atoms with Gasteiger partial charge in [0.15, 0.2) is 0 Å². The zero-order valence-corrected chi connectivity index (χ0v) is 11.6. The first-order valence-corrected chi connectivity index (χ1v) is 7.63. The number of ether oxygens (including phenoxy) is 2. The molecule has 0 radical (unpaired) electrons. The second kappa shape index (κ2) is 6.16. The van der Waals surface area contributed by atoms with Crippen LogP contribution in [-0.2, 0) is 14.8 Å². The highest BCUT2D eigenvalue weighted by Crippen LogP contribution is 2.17. The fraction of sp³-hybridized carbons (Fsp3) is 0.462. The summed E-state index contributed by atoms with van der Waals surface area (Å²) in [5, 5.41) is -0.421. The third kappa shape index (κ3) is 3.78. The van der Waals surface area contributed by atoms with Gasteiger partial charge in [0.1, 0.15) is 5.75 Å². The molecule has 19 heavy (non-hydrogen) atoms. The van der Waals surface area contributed by atoms with Crippen molar-refractivity contribution in [2.24, 2.45) is 4.40 Å². The zero-order valence-electron chi connectivity index (χ0n) is 10.8. The predicted octanol–water partition coefficient (Wildman–Crippen LogP) is 1.62. The van der Waals surface area contributed by atoms with Crippen molar-refractivity contribution >= 4 is 16.2 Å². The number of nitrogens with zero attached hydrogens (tertiary/aromatic N) is 1. The van der Waals surface area contributed by atoms with Crippen LogP contribution in [0.15, 0.2) is 28.7 Å². The molecule has 0 bridgehead atoms. The van der Waals surface area contributed by atoms with E-state index in [1.807, 2.05) is 0 Å². The van der Waals surface area contributed by atoms with Crippen molar-refractivity contribution in [3.63, 3.8) is 0 Å². The van der Waals surface area contributed by atoms with Crippen LogP contribution in [-0.4, -0.2) is 40.2 Å². The molecule has 0 saturated carbocycles. The lowest BCUT2D eigenvalue weighted by Crippen LogP contribution is -2.27. The molecule has 1 aromatic carbocycles. The van der Waals surface area contributed by atoms with E-state index in [0.29, 0.717) is 26.1 Å². The largest absolute Gasteiger partial charge is 0.497 e. The summed E-state index contributed by atoms with van der Waals surface area (Å²) >= 11 is 0. The van der Waals surface area contributed by atoms with Crippen molar-refractivity contribution in [3.8, 4) is 5.75 Å². The molecule has 1 aliphatic heterocycles. The van der Waals surface area contributed by atoms with Crippen LogP contribution < -0.4 is 4.74 Å². The molecule has 6 heteroatoms. The van der Waals surface area contributed by atoms with Gasteiger partial charge < -0.3 is 9.47 Å². The maximum Gasteiger partial charge on any atom is 0.256 e. The number of hydrogen-bond donors (Lipinski definition) is 0. The Morgan fingerprint density at radius 1 is 1.26 bits per heavy atom. The maximum absolute atomic E-state index is 12.0. The predicted molar refractivity (Wildman–Crippen MR) is 73.3 cm³/mol. The quantitative estimate of drug-likeness (QED) is 0.788. The summed E-state index contributed by atoms with van der Waals surface area (Å²) in [5.74, 6) is 0.726. The number of rotatable bonds is 4. The van der Waals surface area contributed by atoms with E-state index in [4.69, 9.17) is 9.47 Å². The zero-order chi connectivity index (χ0) is 13.7. The van der Waals surface area contributed by atoms with Crippen molar-refractivity contribution in [3.05, 3.63) is 29.8 Å². The molecule has 0 aliphatic carbocycles. The lowest BCUT2D eigenvalue weighted by atomic mass is 10.2. The maximum atomic E-state index is 12.0. The van der Waals surface area contributed by atoms with E-state index in [-0.39, 0.29) is 0 Å². The van der Waals surface area contributed by atoms with Crippen molar-refractivity contribution in [2.75, 3.05) is 20.3 Å². The monoisotopic (exact) mass is 283 g/mol. The molecular weight excluding hydrogens is 266 g/mol. The first-order chi connectivity index (χ1) is 9.12. The Morgan fingerprint density at radius 2 is 1.89 bits per heavy atom. The Balaban J connectivity index is 2.07. The van der Waals surface area contributed by atoms with Crippen LogP contribution in [0.25, 0.3) is 0 Å².